The highest BCUT2D eigenvalue weighted by Crippen LogP contribution is 2.14. The summed E-state index contributed by atoms with van der Waals surface area (Å²) in [7, 11) is 3.88. The third-order valence-corrected chi connectivity index (χ3v) is 1.68. The van der Waals surface area contributed by atoms with Gasteiger partial charge in [0, 0.05) is 14.2 Å². The predicted molar refractivity (Wildman–Crippen MR) is 39.5 cm³/mol. The van der Waals surface area contributed by atoms with Crippen LogP contribution in [0.15, 0.2) is 0 Å². The summed E-state index contributed by atoms with van der Waals surface area (Å²) < 4.78 is 13.9. The van der Waals surface area contributed by atoms with Crippen LogP contribution in [-0.2, 0) is 19.0 Å². The Morgan fingerprint density at radius 2 is 1.82 bits per heavy atom. The van der Waals surface area contributed by atoms with Crippen LogP contribution in [-0.4, -0.2) is 39.0 Å². The van der Waals surface area contributed by atoms with Crippen molar-refractivity contribution < 1.29 is 19.0 Å². The summed E-state index contributed by atoms with van der Waals surface area (Å²) in [4.78, 5) is 11.0. The minimum Gasteiger partial charge on any atom is -0.465 e. The molecule has 0 aromatic rings. The van der Waals surface area contributed by atoms with Crippen molar-refractivity contribution in [3.05, 3.63) is 0 Å². The van der Waals surface area contributed by atoms with Gasteiger partial charge in [-0.15, -0.1) is 11.6 Å². The Hall–Kier alpha value is -0.320. The second-order valence-corrected chi connectivity index (χ2v) is 2.05. The Bertz CT molecular complexity index is 124. The molecule has 0 radical (unpaired) electrons. The molecule has 0 atom stereocenters. The molecular weight excluding hydrogens is 172 g/mol. The van der Waals surface area contributed by atoms with Crippen molar-refractivity contribution in [2.75, 3.05) is 27.2 Å². The molecule has 11 heavy (non-hydrogen) atoms. The van der Waals surface area contributed by atoms with Crippen molar-refractivity contribution in [1.82, 2.24) is 0 Å². The molecule has 5 heteroatoms. The minimum absolute atomic E-state index is 0.104. The van der Waals surface area contributed by atoms with E-state index >= 15 is 0 Å². The smallest absolute Gasteiger partial charge is 0.367 e. The first-order valence-electron chi connectivity index (χ1n) is 2.91. The van der Waals surface area contributed by atoms with E-state index in [0.29, 0.717) is 0 Å². The van der Waals surface area contributed by atoms with Gasteiger partial charge in [-0.05, 0) is 0 Å². The Morgan fingerprint density at radius 3 is 1.91 bits per heavy atom. The van der Waals surface area contributed by atoms with E-state index in [9.17, 15) is 4.79 Å². The lowest BCUT2D eigenvalue weighted by molar-refractivity contribution is -0.218. The number of hydrogen-bond acceptors (Lipinski definition) is 4. The van der Waals surface area contributed by atoms with Crippen LogP contribution in [0.2, 0.25) is 0 Å². The monoisotopic (exact) mass is 182 g/mol. The maximum Gasteiger partial charge on any atom is 0.367 e. The normalized spacial score (nSPS) is 11.3. The molecule has 0 fully saturated rings. The first-order chi connectivity index (χ1) is 5.16. The van der Waals surface area contributed by atoms with Gasteiger partial charge >= 0.3 is 5.97 Å². The zero-order valence-corrected chi connectivity index (χ0v) is 7.47. The van der Waals surface area contributed by atoms with Crippen LogP contribution in [0.4, 0.5) is 0 Å². The zero-order valence-electron chi connectivity index (χ0n) is 6.72. The molecule has 0 unspecified atom stereocenters. The highest BCUT2D eigenvalue weighted by molar-refractivity contribution is 6.20. The number of carbonyl (C=O) groups is 1. The van der Waals surface area contributed by atoms with Crippen molar-refractivity contribution in [2.24, 2.45) is 0 Å². The van der Waals surface area contributed by atoms with E-state index in [1.54, 1.807) is 0 Å². The number of methoxy groups -OCH3 is 3. The van der Waals surface area contributed by atoms with E-state index in [-0.39, 0.29) is 5.88 Å². The molecule has 0 saturated carbocycles. The van der Waals surface area contributed by atoms with Crippen LogP contribution >= 0.6 is 11.6 Å². The number of alkyl halides is 1. The molecule has 0 aromatic carbocycles. The van der Waals surface area contributed by atoms with E-state index in [2.05, 4.69) is 4.74 Å². The minimum atomic E-state index is -1.46. The van der Waals surface area contributed by atoms with Crippen molar-refractivity contribution in [3.63, 3.8) is 0 Å². The molecule has 0 bridgehead atoms. The molecular formula is C6H11ClO4. The molecule has 4 nitrogen and oxygen atoms in total. The molecule has 0 rings (SSSR count). The standard InChI is InChI=1S/C6H11ClO4/c1-9-5(8)6(4-7,10-2)11-3/h4H2,1-3H3. The van der Waals surface area contributed by atoms with Gasteiger partial charge in [-0.25, -0.2) is 4.79 Å². The Balaban J connectivity index is 4.39. The van der Waals surface area contributed by atoms with Crippen LogP contribution < -0.4 is 0 Å². The van der Waals surface area contributed by atoms with Crippen molar-refractivity contribution in [3.8, 4) is 0 Å². The fourth-order valence-corrected chi connectivity index (χ4v) is 0.896. The molecule has 0 spiro atoms. The van der Waals surface area contributed by atoms with Gasteiger partial charge < -0.3 is 14.2 Å². The molecule has 0 aliphatic heterocycles. The Kier molecular flexibility index (Phi) is 4.40. The van der Waals surface area contributed by atoms with Gasteiger partial charge in [0.15, 0.2) is 0 Å². The molecule has 66 valence electrons. The second kappa shape index (κ2) is 4.54. The SMILES string of the molecule is COC(=O)C(CCl)(OC)OC. The Labute approximate surface area is 70.4 Å². The summed E-state index contributed by atoms with van der Waals surface area (Å²) in [6, 6.07) is 0. The number of rotatable bonds is 4. The molecule has 0 saturated heterocycles. The molecule has 0 heterocycles. The lowest BCUT2D eigenvalue weighted by atomic mass is 10.3. The molecule has 0 aliphatic carbocycles. The van der Waals surface area contributed by atoms with E-state index in [1.807, 2.05) is 0 Å². The first kappa shape index (κ1) is 10.7. The van der Waals surface area contributed by atoms with Gasteiger partial charge in [0.25, 0.3) is 5.79 Å². The van der Waals surface area contributed by atoms with Crippen LogP contribution in [0.1, 0.15) is 0 Å². The average molecular weight is 183 g/mol. The largest absolute Gasteiger partial charge is 0.465 e. The fourth-order valence-electron chi connectivity index (χ4n) is 0.569. The van der Waals surface area contributed by atoms with Crippen LogP contribution in [0, 0.1) is 0 Å². The highest BCUT2D eigenvalue weighted by Gasteiger charge is 2.39. The van der Waals surface area contributed by atoms with Crippen molar-refractivity contribution in [1.29, 1.82) is 0 Å². The van der Waals surface area contributed by atoms with Crippen molar-refractivity contribution in [2.45, 2.75) is 5.79 Å². The van der Waals surface area contributed by atoms with Gasteiger partial charge in [0.05, 0.1) is 13.0 Å². The van der Waals surface area contributed by atoms with E-state index in [1.165, 1.54) is 21.3 Å². The van der Waals surface area contributed by atoms with Gasteiger partial charge in [0.1, 0.15) is 0 Å². The summed E-state index contributed by atoms with van der Waals surface area (Å²) in [5.41, 5.74) is 0. The summed E-state index contributed by atoms with van der Waals surface area (Å²) >= 11 is 5.45. The maximum atomic E-state index is 11.0. The third kappa shape index (κ3) is 2.05. The van der Waals surface area contributed by atoms with Gasteiger partial charge in [0.2, 0.25) is 0 Å². The van der Waals surface area contributed by atoms with E-state index in [4.69, 9.17) is 21.1 Å². The third-order valence-electron chi connectivity index (χ3n) is 1.33. The van der Waals surface area contributed by atoms with Gasteiger partial charge in [-0.3, -0.25) is 0 Å². The number of esters is 1. The van der Waals surface area contributed by atoms with Crippen molar-refractivity contribution >= 4 is 17.6 Å². The molecule has 0 amide bonds. The number of hydrogen-bond donors (Lipinski definition) is 0. The number of halogens is 1. The van der Waals surface area contributed by atoms with Crippen LogP contribution in [0.3, 0.4) is 0 Å². The predicted octanol–water partition coefficient (Wildman–Crippen LogP) is 0.387. The lowest BCUT2D eigenvalue weighted by Crippen LogP contribution is -2.45. The van der Waals surface area contributed by atoms with E-state index in [0.717, 1.165) is 0 Å². The molecule has 0 aliphatic rings. The average Bonchev–Trinajstić information content (AvgIpc) is 2.08. The summed E-state index contributed by atoms with van der Waals surface area (Å²) in [6.07, 6.45) is 0. The molecule has 0 N–H and O–H groups in total. The quantitative estimate of drug-likeness (QED) is 0.359. The maximum absolute atomic E-state index is 11.0. The second-order valence-electron chi connectivity index (χ2n) is 1.79. The van der Waals surface area contributed by atoms with Crippen LogP contribution in [0.5, 0.6) is 0 Å². The van der Waals surface area contributed by atoms with Gasteiger partial charge in [-0.2, -0.15) is 0 Å². The number of ether oxygens (including phenoxy) is 3. The van der Waals surface area contributed by atoms with Crippen LogP contribution in [0.25, 0.3) is 0 Å². The topological polar surface area (TPSA) is 44.8 Å². The molecule has 0 aromatic heterocycles. The first-order valence-corrected chi connectivity index (χ1v) is 3.45. The summed E-state index contributed by atoms with van der Waals surface area (Å²) in [5, 5.41) is 0. The summed E-state index contributed by atoms with van der Waals surface area (Å²) in [6.45, 7) is 0. The van der Waals surface area contributed by atoms with E-state index < -0.39 is 11.8 Å². The fraction of sp³-hybridized carbons (Fsp3) is 0.833. The lowest BCUT2D eigenvalue weighted by Gasteiger charge is -2.24. The number of carbonyl (C=O) groups excluding carboxylic acids is 1. The Morgan fingerprint density at radius 1 is 1.36 bits per heavy atom. The van der Waals surface area contributed by atoms with Gasteiger partial charge in [-0.1, -0.05) is 0 Å². The summed E-state index contributed by atoms with van der Waals surface area (Å²) in [5.74, 6) is -2.21. The highest BCUT2D eigenvalue weighted by atomic mass is 35.5. The zero-order chi connectivity index (χ0) is 8.91.